The summed E-state index contributed by atoms with van der Waals surface area (Å²) in [5, 5.41) is 3.23. The van der Waals surface area contributed by atoms with Gasteiger partial charge in [0.2, 0.25) is 0 Å². The predicted octanol–water partition coefficient (Wildman–Crippen LogP) is 3.14. The number of para-hydroxylation sites is 1. The molecule has 0 unspecified atom stereocenters. The third kappa shape index (κ3) is 3.59. The molecule has 1 N–H and O–H groups in total. The van der Waals surface area contributed by atoms with Gasteiger partial charge in [0.1, 0.15) is 0 Å². The number of anilines is 1. The van der Waals surface area contributed by atoms with Gasteiger partial charge in [-0.3, -0.25) is 4.79 Å². The highest BCUT2D eigenvalue weighted by Gasteiger charge is 2.05. The molecule has 0 atom stereocenters. The first-order chi connectivity index (χ1) is 7.65. The minimum Gasteiger partial charge on any atom is -0.501 e. The van der Waals surface area contributed by atoms with Crippen molar-refractivity contribution in [2.24, 2.45) is 0 Å². The minimum absolute atomic E-state index is 0.260. The van der Waals surface area contributed by atoms with E-state index in [1.54, 1.807) is 6.07 Å². The number of rotatable bonds is 4. The number of carbonyl (C=O) groups excluding carboxylic acids is 1. The van der Waals surface area contributed by atoms with E-state index in [-0.39, 0.29) is 5.91 Å². The second kappa shape index (κ2) is 6.18. The number of carbonyl (C=O) groups is 1. The van der Waals surface area contributed by atoms with Crippen LogP contribution in [0.15, 0.2) is 30.5 Å². The number of nitrogens with one attached hydrogen (secondary N) is 1. The van der Waals surface area contributed by atoms with Crippen LogP contribution in [0.2, 0.25) is 5.02 Å². The Labute approximate surface area is 100 Å². The third-order valence-corrected chi connectivity index (χ3v) is 2.27. The Morgan fingerprint density at radius 1 is 1.56 bits per heavy atom. The van der Waals surface area contributed by atoms with Gasteiger partial charge >= 0.3 is 0 Å². The topological polar surface area (TPSA) is 38.3 Å². The minimum atomic E-state index is -0.260. The lowest BCUT2D eigenvalue weighted by Crippen LogP contribution is -2.09. The fourth-order valence-electron chi connectivity index (χ4n) is 1.16. The largest absolute Gasteiger partial charge is 0.501 e. The van der Waals surface area contributed by atoms with Crippen molar-refractivity contribution >= 4 is 23.2 Å². The number of halogens is 1. The Bertz CT molecular complexity index is 382. The third-order valence-electron chi connectivity index (χ3n) is 1.95. The molecule has 0 radical (unpaired) electrons. The van der Waals surface area contributed by atoms with Crippen LogP contribution < -0.4 is 5.32 Å². The standard InChI is InChI=1S/C12H14ClNO2/c1-3-16-8-7-11(15)14-12-9(2)5-4-6-10(12)13/h4-8H,3H2,1-2H3,(H,14,15)/b8-7-. The molecule has 3 nitrogen and oxygen atoms in total. The Morgan fingerprint density at radius 3 is 2.94 bits per heavy atom. The predicted molar refractivity (Wildman–Crippen MR) is 65.6 cm³/mol. The summed E-state index contributed by atoms with van der Waals surface area (Å²) in [6.45, 7) is 4.27. The van der Waals surface area contributed by atoms with Crippen LogP contribution in [0.5, 0.6) is 0 Å². The zero-order chi connectivity index (χ0) is 12.0. The van der Waals surface area contributed by atoms with Gasteiger partial charge in [-0.1, -0.05) is 23.7 Å². The summed E-state index contributed by atoms with van der Waals surface area (Å²) in [7, 11) is 0. The quantitative estimate of drug-likeness (QED) is 0.648. The normalized spacial score (nSPS) is 10.4. The maximum absolute atomic E-state index is 11.5. The van der Waals surface area contributed by atoms with E-state index in [0.29, 0.717) is 17.3 Å². The van der Waals surface area contributed by atoms with E-state index in [1.807, 2.05) is 26.0 Å². The van der Waals surface area contributed by atoms with Gasteiger partial charge in [0.05, 0.1) is 23.6 Å². The lowest BCUT2D eigenvalue weighted by Gasteiger charge is -2.07. The molecule has 0 fully saturated rings. The van der Waals surface area contributed by atoms with E-state index in [4.69, 9.17) is 16.3 Å². The first kappa shape index (κ1) is 12.6. The number of ether oxygens (including phenoxy) is 1. The fraction of sp³-hybridized carbons (Fsp3) is 0.250. The smallest absolute Gasteiger partial charge is 0.251 e. The molecule has 0 heterocycles. The van der Waals surface area contributed by atoms with Crippen LogP contribution in [0, 0.1) is 6.92 Å². The summed E-state index contributed by atoms with van der Waals surface area (Å²) >= 11 is 5.96. The maximum Gasteiger partial charge on any atom is 0.251 e. The second-order valence-electron chi connectivity index (χ2n) is 3.18. The molecule has 0 aliphatic heterocycles. The summed E-state index contributed by atoms with van der Waals surface area (Å²) in [5.74, 6) is -0.260. The molecule has 86 valence electrons. The monoisotopic (exact) mass is 239 g/mol. The Kier molecular flexibility index (Phi) is 4.86. The van der Waals surface area contributed by atoms with Gasteiger partial charge in [-0.25, -0.2) is 0 Å². The van der Waals surface area contributed by atoms with Crippen molar-refractivity contribution in [3.8, 4) is 0 Å². The summed E-state index contributed by atoms with van der Waals surface area (Å²) < 4.78 is 4.93. The molecule has 0 bridgehead atoms. The molecule has 4 heteroatoms. The highest BCUT2D eigenvalue weighted by molar-refractivity contribution is 6.34. The molecule has 1 aromatic rings. The van der Waals surface area contributed by atoms with E-state index in [1.165, 1.54) is 12.3 Å². The SMILES string of the molecule is CCO/C=C\C(=O)Nc1c(C)cccc1Cl. The molecule has 0 spiro atoms. The van der Waals surface area contributed by atoms with Gasteiger partial charge in [0, 0.05) is 6.08 Å². The molecule has 0 aliphatic carbocycles. The van der Waals surface area contributed by atoms with E-state index in [9.17, 15) is 4.79 Å². The summed E-state index contributed by atoms with van der Waals surface area (Å²) in [6, 6.07) is 5.45. The van der Waals surface area contributed by atoms with Crippen molar-refractivity contribution in [3.05, 3.63) is 41.1 Å². The Balaban J connectivity index is 2.70. The summed E-state index contributed by atoms with van der Waals surface area (Å²) in [4.78, 5) is 11.5. The van der Waals surface area contributed by atoms with Crippen molar-refractivity contribution in [3.63, 3.8) is 0 Å². The zero-order valence-electron chi connectivity index (χ0n) is 9.29. The zero-order valence-corrected chi connectivity index (χ0v) is 10.0. The van der Waals surface area contributed by atoms with Crippen LogP contribution in [-0.2, 0) is 9.53 Å². The number of amides is 1. The fourth-order valence-corrected chi connectivity index (χ4v) is 1.43. The van der Waals surface area contributed by atoms with Crippen molar-refractivity contribution in [1.82, 2.24) is 0 Å². The average Bonchev–Trinajstić information content (AvgIpc) is 2.24. The van der Waals surface area contributed by atoms with Crippen molar-refractivity contribution < 1.29 is 9.53 Å². The Hall–Kier alpha value is -1.48. The average molecular weight is 240 g/mol. The van der Waals surface area contributed by atoms with Gasteiger partial charge in [-0.15, -0.1) is 0 Å². The highest BCUT2D eigenvalue weighted by atomic mass is 35.5. The van der Waals surface area contributed by atoms with Crippen LogP contribution in [0.25, 0.3) is 0 Å². The maximum atomic E-state index is 11.5. The van der Waals surface area contributed by atoms with E-state index >= 15 is 0 Å². The number of hydrogen-bond acceptors (Lipinski definition) is 2. The van der Waals surface area contributed by atoms with Gasteiger partial charge in [-0.05, 0) is 25.5 Å². The number of benzene rings is 1. The molecule has 1 aromatic carbocycles. The van der Waals surface area contributed by atoms with Gasteiger partial charge in [0.15, 0.2) is 0 Å². The van der Waals surface area contributed by atoms with Crippen molar-refractivity contribution in [1.29, 1.82) is 0 Å². The number of aryl methyl sites for hydroxylation is 1. The van der Waals surface area contributed by atoms with Crippen LogP contribution in [-0.4, -0.2) is 12.5 Å². The van der Waals surface area contributed by atoms with Gasteiger partial charge in [0.25, 0.3) is 5.91 Å². The molecule has 0 saturated carbocycles. The van der Waals surface area contributed by atoms with Crippen molar-refractivity contribution in [2.45, 2.75) is 13.8 Å². The highest BCUT2D eigenvalue weighted by Crippen LogP contribution is 2.24. The molecule has 1 amide bonds. The summed E-state index contributed by atoms with van der Waals surface area (Å²) in [5.41, 5.74) is 1.56. The van der Waals surface area contributed by atoms with Crippen LogP contribution >= 0.6 is 11.6 Å². The molecule has 0 aromatic heterocycles. The second-order valence-corrected chi connectivity index (χ2v) is 3.59. The summed E-state index contributed by atoms with van der Waals surface area (Å²) in [6.07, 6.45) is 2.69. The van der Waals surface area contributed by atoms with Crippen LogP contribution in [0.4, 0.5) is 5.69 Å². The lowest BCUT2D eigenvalue weighted by molar-refractivity contribution is -0.112. The lowest BCUT2D eigenvalue weighted by atomic mass is 10.2. The van der Waals surface area contributed by atoms with Crippen LogP contribution in [0.3, 0.4) is 0 Å². The Morgan fingerprint density at radius 2 is 2.31 bits per heavy atom. The molecule has 0 saturated heterocycles. The van der Waals surface area contributed by atoms with E-state index < -0.39 is 0 Å². The molecular weight excluding hydrogens is 226 g/mol. The number of hydrogen-bond donors (Lipinski definition) is 1. The van der Waals surface area contributed by atoms with E-state index in [2.05, 4.69) is 5.32 Å². The van der Waals surface area contributed by atoms with Crippen LogP contribution in [0.1, 0.15) is 12.5 Å². The van der Waals surface area contributed by atoms with Crippen molar-refractivity contribution in [2.75, 3.05) is 11.9 Å². The molecule has 16 heavy (non-hydrogen) atoms. The molecule has 0 aliphatic rings. The first-order valence-electron chi connectivity index (χ1n) is 4.99. The molecular formula is C12H14ClNO2. The van der Waals surface area contributed by atoms with Gasteiger partial charge < -0.3 is 10.1 Å². The molecule has 1 rings (SSSR count). The first-order valence-corrected chi connectivity index (χ1v) is 5.37. The van der Waals surface area contributed by atoms with Gasteiger partial charge in [-0.2, -0.15) is 0 Å². The van der Waals surface area contributed by atoms with E-state index in [0.717, 1.165) is 5.56 Å².